The first kappa shape index (κ1) is 23.0. The number of carbonyl (C=O) groups is 1. The number of benzene rings is 1. The second-order valence-corrected chi connectivity index (χ2v) is 10.2. The second-order valence-electron chi connectivity index (χ2n) is 8.55. The van der Waals surface area contributed by atoms with Crippen molar-refractivity contribution in [1.29, 1.82) is 0 Å². The average molecular weight is 517 g/mol. The van der Waals surface area contributed by atoms with Gasteiger partial charge in [0.05, 0.1) is 25.3 Å². The Labute approximate surface area is 216 Å². The number of nitrogens with one attached hydrogen (secondary N) is 1. The number of thiazole rings is 1. The van der Waals surface area contributed by atoms with Crippen LogP contribution in [-0.4, -0.2) is 63.4 Å². The van der Waals surface area contributed by atoms with E-state index in [4.69, 9.17) is 9.84 Å². The Kier molecular flexibility index (Phi) is 6.56. The molecule has 1 N–H and O–H groups in total. The predicted molar refractivity (Wildman–Crippen MR) is 144 cm³/mol. The summed E-state index contributed by atoms with van der Waals surface area (Å²) < 4.78 is 7.43. The van der Waals surface area contributed by atoms with Crippen LogP contribution in [0.1, 0.15) is 10.5 Å². The number of carbonyl (C=O) groups excluding carboxylic acids is 1. The number of pyridine rings is 1. The number of ether oxygens (including phenoxy) is 1. The van der Waals surface area contributed by atoms with Crippen LogP contribution in [0, 0.1) is 0 Å². The van der Waals surface area contributed by atoms with Gasteiger partial charge in [0.15, 0.2) is 0 Å². The molecule has 4 aromatic heterocycles. The Morgan fingerprint density at radius 3 is 2.83 bits per heavy atom. The van der Waals surface area contributed by atoms with E-state index in [0.717, 1.165) is 77.7 Å². The van der Waals surface area contributed by atoms with Crippen molar-refractivity contribution in [1.82, 2.24) is 24.6 Å². The number of aromatic nitrogens is 4. The molecule has 0 saturated carbocycles. The van der Waals surface area contributed by atoms with Gasteiger partial charge in [-0.2, -0.15) is 16.4 Å². The topological polar surface area (TPSA) is 85.2 Å². The highest BCUT2D eigenvalue weighted by Gasteiger charge is 2.17. The molecule has 36 heavy (non-hydrogen) atoms. The maximum atomic E-state index is 13.2. The zero-order chi connectivity index (χ0) is 24.3. The van der Waals surface area contributed by atoms with Gasteiger partial charge in [0.2, 0.25) is 0 Å². The summed E-state index contributed by atoms with van der Waals surface area (Å²) in [5.41, 5.74) is 4.92. The SMILES string of the molecule is O=C(Nc1cc2cn(CCN3CCOCC3)nc2cc1-c1ccsc1)c1csc(-c2cccnc2)n1. The van der Waals surface area contributed by atoms with Crippen LogP contribution < -0.4 is 5.32 Å². The first-order valence-corrected chi connectivity index (χ1v) is 13.6. The molecular weight excluding hydrogens is 492 g/mol. The van der Waals surface area contributed by atoms with Crippen molar-refractivity contribution in [3.8, 4) is 21.7 Å². The summed E-state index contributed by atoms with van der Waals surface area (Å²) in [6.07, 6.45) is 5.52. The van der Waals surface area contributed by atoms with E-state index in [-0.39, 0.29) is 5.91 Å². The summed E-state index contributed by atoms with van der Waals surface area (Å²) in [5.74, 6) is -0.239. The van der Waals surface area contributed by atoms with Crippen LogP contribution in [0.2, 0.25) is 0 Å². The Hall–Kier alpha value is -3.44. The van der Waals surface area contributed by atoms with E-state index in [1.165, 1.54) is 11.3 Å². The molecule has 0 unspecified atom stereocenters. The van der Waals surface area contributed by atoms with E-state index in [1.807, 2.05) is 34.5 Å². The van der Waals surface area contributed by atoms with Crippen LogP contribution in [-0.2, 0) is 11.3 Å². The first-order chi connectivity index (χ1) is 17.7. The first-order valence-electron chi connectivity index (χ1n) is 11.7. The molecule has 0 aliphatic carbocycles. The molecule has 6 rings (SSSR count). The van der Waals surface area contributed by atoms with E-state index in [1.54, 1.807) is 29.1 Å². The lowest BCUT2D eigenvalue weighted by Crippen LogP contribution is -2.38. The Morgan fingerprint density at radius 1 is 1.11 bits per heavy atom. The highest BCUT2D eigenvalue weighted by Crippen LogP contribution is 2.34. The molecule has 1 aliphatic heterocycles. The molecule has 0 bridgehead atoms. The fraction of sp³-hybridized carbons (Fsp3) is 0.231. The molecule has 0 spiro atoms. The third-order valence-corrected chi connectivity index (χ3v) is 7.74. The van der Waals surface area contributed by atoms with Gasteiger partial charge in [0.25, 0.3) is 5.91 Å². The van der Waals surface area contributed by atoms with Crippen molar-refractivity contribution in [3.63, 3.8) is 0 Å². The van der Waals surface area contributed by atoms with Gasteiger partial charge in [-0.3, -0.25) is 19.4 Å². The summed E-state index contributed by atoms with van der Waals surface area (Å²) in [7, 11) is 0. The van der Waals surface area contributed by atoms with Crippen LogP contribution in [0.4, 0.5) is 5.69 Å². The quantitative estimate of drug-likeness (QED) is 0.332. The molecular formula is C26H24N6O2S2. The number of fused-ring (bicyclic) bond motifs is 1. The number of nitrogens with zero attached hydrogens (tertiary/aromatic N) is 5. The molecule has 8 nitrogen and oxygen atoms in total. The van der Waals surface area contributed by atoms with Gasteiger partial charge in [0, 0.05) is 65.8 Å². The van der Waals surface area contributed by atoms with Gasteiger partial charge >= 0.3 is 0 Å². The summed E-state index contributed by atoms with van der Waals surface area (Å²) >= 11 is 3.05. The third kappa shape index (κ3) is 4.93. The molecule has 0 radical (unpaired) electrons. The molecule has 1 saturated heterocycles. The minimum atomic E-state index is -0.239. The van der Waals surface area contributed by atoms with Gasteiger partial charge in [-0.05, 0) is 46.7 Å². The van der Waals surface area contributed by atoms with Gasteiger partial charge in [0.1, 0.15) is 10.7 Å². The fourth-order valence-corrected chi connectivity index (χ4v) is 5.70. The molecule has 5 aromatic rings. The summed E-state index contributed by atoms with van der Waals surface area (Å²) in [5, 5.41) is 15.6. The Bertz CT molecular complexity index is 1470. The zero-order valence-electron chi connectivity index (χ0n) is 19.5. The van der Waals surface area contributed by atoms with E-state index in [9.17, 15) is 4.79 Å². The number of thiophene rings is 1. The molecule has 1 aliphatic rings. The molecule has 1 amide bonds. The summed E-state index contributed by atoms with van der Waals surface area (Å²) in [6.45, 7) is 5.23. The number of hydrogen-bond donors (Lipinski definition) is 1. The molecule has 182 valence electrons. The van der Waals surface area contributed by atoms with Gasteiger partial charge in [-0.15, -0.1) is 11.3 Å². The monoisotopic (exact) mass is 516 g/mol. The molecule has 0 atom stereocenters. The second kappa shape index (κ2) is 10.3. The minimum Gasteiger partial charge on any atom is -0.379 e. The minimum absolute atomic E-state index is 0.239. The standard InChI is InChI=1S/C26H24N6O2S2/c33-25(24-17-36-26(29-24)18-2-1-4-27-14-18)28-23-12-20-15-32(6-5-31-7-9-34-10-8-31)30-22(20)13-21(23)19-3-11-35-16-19/h1-4,11-17H,5-10H2,(H,28,33). The van der Waals surface area contributed by atoms with Crippen LogP contribution in [0.25, 0.3) is 32.6 Å². The van der Waals surface area contributed by atoms with Gasteiger partial charge < -0.3 is 10.1 Å². The van der Waals surface area contributed by atoms with Crippen molar-refractivity contribution in [3.05, 3.63) is 70.8 Å². The lowest BCUT2D eigenvalue weighted by molar-refractivity contribution is 0.0360. The number of morpholine rings is 1. The van der Waals surface area contributed by atoms with Crippen molar-refractivity contribution in [2.75, 3.05) is 38.2 Å². The van der Waals surface area contributed by atoms with E-state index >= 15 is 0 Å². The van der Waals surface area contributed by atoms with Crippen LogP contribution in [0.15, 0.2) is 65.1 Å². The highest BCUT2D eigenvalue weighted by atomic mass is 32.1. The third-order valence-electron chi connectivity index (χ3n) is 6.17. The number of amides is 1. The lowest BCUT2D eigenvalue weighted by Gasteiger charge is -2.26. The smallest absolute Gasteiger partial charge is 0.275 e. The van der Waals surface area contributed by atoms with E-state index in [0.29, 0.717) is 5.69 Å². The fourth-order valence-electron chi connectivity index (χ4n) is 4.25. The normalized spacial score (nSPS) is 14.3. The maximum Gasteiger partial charge on any atom is 0.275 e. The van der Waals surface area contributed by atoms with Crippen molar-refractivity contribution in [2.45, 2.75) is 6.54 Å². The number of anilines is 1. The van der Waals surface area contributed by atoms with Crippen LogP contribution in [0.5, 0.6) is 0 Å². The summed E-state index contributed by atoms with van der Waals surface area (Å²) in [4.78, 5) is 24.3. The van der Waals surface area contributed by atoms with Crippen molar-refractivity contribution in [2.24, 2.45) is 0 Å². The van der Waals surface area contributed by atoms with Crippen molar-refractivity contribution >= 4 is 45.2 Å². The van der Waals surface area contributed by atoms with E-state index < -0.39 is 0 Å². The van der Waals surface area contributed by atoms with Crippen LogP contribution >= 0.6 is 22.7 Å². The van der Waals surface area contributed by atoms with Crippen molar-refractivity contribution < 1.29 is 9.53 Å². The lowest BCUT2D eigenvalue weighted by atomic mass is 10.0. The molecule has 1 fully saturated rings. The Balaban J connectivity index is 1.26. The maximum absolute atomic E-state index is 13.2. The number of hydrogen-bond acceptors (Lipinski definition) is 8. The average Bonchev–Trinajstić information content (AvgIpc) is 3.69. The highest BCUT2D eigenvalue weighted by molar-refractivity contribution is 7.13. The number of rotatable bonds is 7. The van der Waals surface area contributed by atoms with Crippen LogP contribution in [0.3, 0.4) is 0 Å². The molecule has 1 aromatic carbocycles. The Morgan fingerprint density at radius 2 is 2.03 bits per heavy atom. The van der Waals surface area contributed by atoms with E-state index in [2.05, 4.69) is 37.7 Å². The molecule has 10 heteroatoms. The van der Waals surface area contributed by atoms with Gasteiger partial charge in [-0.1, -0.05) is 0 Å². The summed E-state index contributed by atoms with van der Waals surface area (Å²) in [6, 6.07) is 9.92. The molecule has 5 heterocycles. The zero-order valence-corrected chi connectivity index (χ0v) is 21.1. The van der Waals surface area contributed by atoms with Gasteiger partial charge in [-0.25, -0.2) is 4.98 Å². The largest absolute Gasteiger partial charge is 0.379 e. The predicted octanol–water partition coefficient (Wildman–Crippen LogP) is 4.87.